The summed E-state index contributed by atoms with van der Waals surface area (Å²) >= 11 is 8.18. The molecule has 5 nitrogen and oxygen atoms in total. The van der Waals surface area contributed by atoms with E-state index in [2.05, 4.69) is 35.6 Å². The van der Waals surface area contributed by atoms with Crippen LogP contribution in [0.4, 0.5) is 5.69 Å². The number of nitrogens with one attached hydrogen (secondary N) is 1. The number of rotatable bonds is 13. The quantitative estimate of drug-likeness (QED) is 0.0984. The number of anilines is 1. The van der Waals surface area contributed by atoms with Crippen LogP contribution in [0.25, 0.3) is 17.2 Å². The number of hydrogen-bond acceptors (Lipinski definition) is 4. The fourth-order valence-electron chi connectivity index (χ4n) is 4.10. The Labute approximate surface area is 246 Å². The Balaban J connectivity index is 1.32. The lowest BCUT2D eigenvalue weighted by Gasteiger charge is -2.10. The minimum atomic E-state index is -0.215. The second kappa shape index (κ2) is 14.8. The average molecular weight is 574 g/mol. The highest BCUT2D eigenvalue weighted by Gasteiger charge is 2.07. The fourth-order valence-corrected chi connectivity index (χ4v) is 5.16. The van der Waals surface area contributed by atoms with Crippen molar-refractivity contribution in [2.24, 2.45) is 5.92 Å². The van der Waals surface area contributed by atoms with Gasteiger partial charge in [0.25, 0.3) is 0 Å². The van der Waals surface area contributed by atoms with Gasteiger partial charge in [-0.05, 0) is 83.6 Å². The third-order valence-electron chi connectivity index (χ3n) is 6.23. The molecule has 40 heavy (non-hydrogen) atoms. The van der Waals surface area contributed by atoms with E-state index < -0.39 is 0 Å². The van der Waals surface area contributed by atoms with E-state index >= 15 is 0 Å². The first-order chi connectivity index (χ1) is 19.4. The third kappa shape index (κ3) is 8.77. The van der Waals surface area contributed by atoms with E-state index in [4.69, 9.17) is 16.3 Å². The van der Waals surface area contributed by atoms with Crippen LogP contribution in [-0.2, 0) is 17.1 Å². The SMILES string of the molecule is CCCCOc1ccc(-c2ccc(Cl)c(/C=C/C(=O)Nc3ccc(SCc4cncn4CC(C)C)cc3)c2)cc1. The van der Waals surface area contributed by atoms with Crippen molar-refractivity contribution in [3.8, 4) is 16.9 Å². The maximum absolute atomic E-state index is 12.6. The van der Waals surface area contributed by atoms with Crippen molar-refractivity contribution in [2.45, 2.75) is 50.8 Å². The van der Waals surface area contributed by atoms with Gasteiger partial charge in [0.15, 0.2) is 0 Å². The lowest BCUT2D eigenvalue weighted by Crippen LogP contribution is -2.07. The summed E-state index contributed by atoms with van der Waals surface area (Å²) in [4.78, 5) is 18.0. The van der Waals surface area contributed by atoms with Gasteiger partial charge >= 0.3 is 0 Å². The highest BCUT2D eigenvalue weighted by Crippen LogP contribution is 2.28. The molecule has 4 rings (SSSR count). The lowest BCUT2D eigenvalue weighted by atomic mass is 10.0. The molecule has 0 aliphatic rings. The Kier molecular flexibility index (Phi) is 10.9. The molecular formula is C33H36ClN3O2S. The Hall–Kier alpha value is -3.48. The summed E-state index contributed by atoms with van der Waals surface area (Å²) in [6.07, 6.45) is 9.22. The number of thioether (sulfide) groups is 1. The number of nitrogens with zero attached hydrogens (tertiary/aromatic N) is 2. The van der Waals surface area contributed by atoms with Crippen molar-refractivity contribution in [1.82, 2.24) is 9.55 Å². The van der Waals surface area contributed by atoms with Crippen LogP contribution >= 0.6 is 23.4 Å². The number of hydrogen-bond donors (Lipinski definition) is 1. The van der Waals surface area contributed by atoms with Crippen molar-refractivity contribution >= 4 is 41.0 Å². The molecule has 0 spiro atoms. The van der Waals surface area contributed by atoms with Crippen molar-refractivity contribution in [2.75, 3.05) is 11.9 Å². The smallest absolute Gasteiger partial charge is 0.248 e. The van der Waals surface area contributed by atoms with Gasteiger partial charge in [0, 0.05) is 45.9 Å². The number of carbonyl (C=O) groups is 1. The highest BCUT2D eigenvalue weighted by atomic mass is 35.5. The molecule has 0 saturated carbocycles. The number of aromatic nitrogens is 2. The number of halogens is 1. The van der Waals surface area contributed by atoms with Gasteiger partial charge in [-0.3, -0.25) is 4.79 Å². The molecule has 0 atom stereocenters. The largest absolute Gasteiger partial charge is 0.494 e. The van der Waals surface area contributed by atoms with E-state index in [0.29, 0.717) is 10.9 Å². The Bertz CT molecular complexity index is 1410. The number of carbonyl (C=O) groups excluding carboxylic acids is 1. The van der Waals surface area contributed by atoms with Gasteiger partial charge in [0.2, 0.25) is 5.91 Å². The first kappa shape index (κ1) is 29.5. The molecule has 3 aromatic carbocycles. The number of amides is 1. The standard InChI is InChI=1S/C33H36ClN3O2S/c1-4-5-18-39-30-12-6-25(7-13-30)26-8-16-32(34)27(19-26)9-17-33(38)36-28-10-14-31(15-11-28)40-22-29-20-35-23-37(29)21-24(2)3/h6-17,19-20,23-24H,4-5,18,21-22H2,1-3H3,(H,36,38)/b17-9+. The fraction of sp³-hybridized carbons (Fsp3) is 0.273. The van der Waals surface area contributed by atoms with Gasteiger partial charge in [-0.1, -0.05) is 57.0 Å². The van der Waals surface area contributed by atoms with Gasteiger partial charge in [-0.25, -0.2) is 4.98 Å². The monoisotopic (exact) mass is 573 g/mol. The average Bonchev–Trinajstić information content (AvgIpc) is 3.39. The third-order valence-corrected chi connectivity index (χ3v) is 7.62. The van der Waals surface area contributed by atoms with E-state index in [1.54, 1.807) is 17.8 Å². The lowest BCUT2D eigenvalue weighted by molar-refractivity contribution is -0.111. The summed E-state index contributed by atoms with van der Waals surface area (Å²) in [6, 6.07) is 21.7. The highest BCUT2D eigenvalue weighted by molar-refractivity contribution is 7.98. The molecular weight excluding hydrogens is 538 g/mol. The van der Waals surface area contributed by atoms with Crippen LogP contribution in [0.5, 0.6) is 5.75 Å². The number of benzene rings is 3. The van der Waals surface area contributed by atoms with Crippen LogP contribution in [0, 0.1) is 5.92 Å². The van der Waals surface area contributed by atoms with Crippen molar-refractivity contribution < 1.29 is 9.53 Å². The predicted molar refractivity (Wildman–Crippen MR) is 168 cm³/mol. The predicted octanol–water partition coefficient (Wildman–Crippen LogP) is 8.98. The molecule has 0 aliphatic heterocycles. The van der Waals surface area contributed by atoms with Crippen LogP contribution in [0.15, 0.2) is 90.2 Å². The zero-order valence-corrected chi connectivity index (χ0v) is 24.8. The second-order valence-corrected chi connectivity index (χ2v) is 11.5. The van der Waals surface area contributed by atoms with Crippen LogP contribution in [0.3, 0.4) is 0 Å². The molecule has 0 aliphatic carbocycles. The summed E-state index contributed by atoms with van der Waals surface area (Å²) < 4.78 is 7.97. The maximum Gasteiger partial charge on any atom is 0.248 e. The molecule has 0 unspecified atom stereocenters. The van der Waals surface area contributed by atoms with Crippen LogP contribution < -0.4 is 10.1 Å². The van der Waals surface area contributed by atoms with Gasteiger partial charge in [0.05, 0.1) is 12.9 Å². The van der Waals surface area contributed by atoms with Gasteiger partial charge < -0.3 is 14.6 Å². The normalized spacial score (nSPS) is 11.3. The summed E-state index contributed by atoms with van der Waals surface area (Å²) in [5.74, 6) is 2.07. The van der Waals surface area contributed by atoms with Crippen LogP contribution in [0.2, 0.25) is 5.02 Å². The molecule has 0 bridgehead atoms. The summed E-state index contributed by atoms with van der Waals surface area (Å²) in [6.45, 7) is 8.24. The molecule has 4 aromatic rings. The molecule has 0 saturated heterocycles. The van der Waals surface area contributed by atoms with Crippen molar-refractivity contribution in [1.29, 1.82) is 0 Å². The molecule has 1 heterocycles. The first-order valence-corrected chi connectivity index (χ1v) is 15.0. The Morgan fingerprint density at radius 3 is 2.55 bits per heavy atom. The summed E-state index contributed by atoms with van der Waals surface area (Å²) in [7, 11) is 0. The molecule has 0 fully saturated rings. The molecule has 1 N–H and O–H groups in total. The zero-order chi connectivity index (χ0) is 28.3. The Morgan fingerprint density at radius 2 is 1.82 bits per heavy atom. The van der Waals surface area contributed by atoms with Gasteiger partial charge in [0.1, 0.15) is 5.75 Å². The first-order valence-electron chi connectivity index (χ1n) is 13.6. The molecule has 208 valence electrons. The van der Waals surface area contributed by atoms with E-state index in [1.807, 2.05) is 79.3 Å². The van der Waals surface area contributed by atoms with Crippen molar-refractivity contribution in [3.63, 3.8) is 0 Å². The summed E-state index contributed by atoms with van der Waals surface area (Å²) in [5.41, 5.74) is 4.80. The minimum Gasteiger partial charge on any atom is -0.494 e. The van der Waals surface area contributed by atoms with Crippen LogP contribution in [-0.4, -0.2) is 22.1 Å². The van der Waals surface area contributed by atoms with Gasteiger partial charge in [-0.15, -0.1) is 11.8 Å². The molecule has 1 aromatic heterocycles. The van der Waals surface area contributed by atoms with Gasteiger partial charge in [-0.2, -0.15) is 0 Å². The summed E-state index contributed by atoms with van der Waals surface area (Å²) in [5, 5.41) is 3.51. The van der Waals surface area contributed by atoms with E-state index in [-0.39, 0.29) is 5.91 Å². The van der Waals surface area contributed by atoms with E-state index in [0.717, 1.165) is 64.8 Å². The van der Waals surface area contributed by atoms with E-state index in [1.165, 1.54) is 11.8 Å². The zero-order valence-electron chi connectivity index (χ0n) is 23.3. The number of unbranched alkanes of at least 4 members (excludes halogenated alkanes) is 1. The number of imidazole rings is 1. The number of ether oxygens (including phenoxy) is 1. The minimum absolute atomic E-state index is 0.215. The molecule has 0 radical (unpaired) electrons. The topological polar surface area (TPSA) is 56.1 Å². The van der Waals surface area contributed by atoms with Crippen LogP contribution in [0.1, 0.15) is 44.9 Å². The van der Waals surface area contributed by atoms with E-state index in [9.17, 15) is 4.79 Å². The molecule has 1 amide bonds. The maximum atomic E-state index is 12.6. The van der Waals surface area contributed by atoms with Crippen molar-refractivity contribution in [3.05, 3.63) is 102 Å². The second-order valence-electron chi connectivity index (χ2n) is 10.0. The Morgan fingerprint density at radius 1 is 1.07 bits per heavy atom. The molecule has 7 heteroatoms.